The van der Waals surface area contributed by atoms with Crippen LogP contribution in [0.1, 0.15) is 18.2 Å². The monoisotopic (exact) mass is 188 g/mol. The Morgan fingerprint density at radius 2 is 2.46 bits per heavy atom. The standard InChI is InChI=1S/C10H8N2S/c1-2-9-8(5-11)7-3-4-13-10(7)6-12-9/h3-4,6H,2H2,1H3. The Kier molecular flexibility index (Phi) is 1.99. The van der Waals surface area contributed by atoms with Gasteiger partial charge >= 0.3 is 0 Å². The van der Waals surface area contributed by atoms with E-state index in [1.54, 1.807) is 11.3 Å². The van der Waals surface area contributed by atoms with Crippen LogP contribution in [0.5, 0.6) is 0 Å². The predicted molar refractivity (Wildman–Crippen MR) is 53.7 cm³/mol. The van der Waals surface area contributed by atoms with Gasteiger partial charge in [-0.05, 0) is 17.9 Å². The molecule has 0 aliphatic heterocycles. The number of rotatable bonds is 1. The van der Waals surface area contributed by atoms with Gasteiger partial charge in [-0.2, -0.15) is 5.26 Å². The van der Waals surface area contributed by atoms with Gasteiger partial charge in [-0.3, -0.25) is 4.98 Å². The van der Waals surface area contributed by atoms with E-state index < -0.39 is 0 Å². The van der Waals surface area contributed by atoms with Gasteiger partial charge in [0.15, 0.2) is 0 Å². The lowest BCUT2D eigenvalue weighted by Crippen LogP contribution is -1.91. The van der Waals surface area contributed by atoms with Gasteiger partial charge in [-0.15, -0.1) is 11.3 Å². The molecule has 0 spiro atoms. The summed E-state index contributed by atoms with van der Waals surface area (Å²) in [6.07, 6.45) is 2.66. The second-order valence-electron chi connectivity index (χ2n) is 2.74. The summed E-state index contributed by atoms with van der Waals surface area (Å²) in [6, 6.07) is 4.21. The maximum Gasteiger partial charge on any atom is 0.102 e. The highest BCUT2D eigenvalue weighted by Gasteiger charge is 2.07. The van der Waals surface area contributed by atoms with Crippen LogP contribution < -0.4 is 0 Å². The number of pyridine rings is 1. The fourth-order valence-electron chi connectivity index (χ4n) is 1.38. The summed E-state index contributed by atoms with van der Waals surface area (Å²) in [5.41, 5.74) is 1.63. The van der Waals surface area contributed by atoms with E-state index in [1.807, 2.05) is 24.6 Å². The Morgan fingerprint density at radius 1 is 1.62 bits per heavy atom. The minimum atomic E-state index is 0.737. The highest BCUT2D eigenvalue weighted by atomic mass is 32.1. The van der Waals surface area contributed by atoms with Crippen molar-refractivity contribution < 1.29 is 0 Å². The largest absolute Gasteiger partial charge is 0.258 e. The lowest BCUT2D eigenvalue weighted by Gasteiger charge is -1.99. The van der Waals surface area contributed by atoms with Crippen molar-refractivity contribution in [3.8, 4) is 6.07 Å². The Labute approximate surface area is 80.5 Å². The minimum Gasteiger partial charge on any atom is -0.258 e. The van der Waals surface area contributed by atoms with Crippen LogP contribution in [0.15, 0.2) is 17.6 Å². The third-order valence-electron chi connectivity index (χ3n) is 2.04. The van der Waals surface area contributed by atoms with E-state index in [4.69, 9.17) is 5.26 Å². The van der Waals surface area contributed by atoms with Gasteiger partial charge in [0.2, 0.25) is 0 Å². The molecule has 0 aliphatic rings. The molecule has 2 rings (SSSR count). The second kappa shape index (κ2) is 3.15. The summed E-state index contributed by atoms with van der Waals surface area (Å²) >= 11 is 1.62. The molecule has 0 N–H and O–H groups in total. The summed E-state index contributed by atoms with van der Waals surface area (Å²) < 4.78 is 1.09. The molecule has 0 unspecified atom stereocenters. The number of fused-ring (bicyclic) bond motifs is 1. The molecule has 3 heteroatoms. The molecule has 2 aromatic rings. The molecule has 13 heavy (non-hydrogen) atoms. The first-order valence-electron chi connectivity index (χ1n) is 4.12. The van der Waals surface area contributed by atoms with E-state index in [9.17, 15) is 0 Å². The van der Waals surface area contributed by atoms with Crippen LogP contribution >= 0.6 is 11.3 Å². The van der Waals surface area contributed by atoms with Gasteiger partial charge < -0.3 is 0 Å². The quantitative estimate of drug-likeness (QED) is 0.690. The number of nitrogens with zero attached hydrogens (tertiary/aromatic N) is 2. The molecule has 2 nitrogen and oxygen atoms in total. The Balaban J connectivity index is 2.84. The van der Waals surface area contributed by atoms with Crippen molar-refractivity contribution in [1.29, 1.82) is 5.26 Å². The van der Waals surface area contributed by atoms with E-state index in [1.165, 1.54) is 0 Å². The van der Waals surface area contributed by atoms with Crippen LogP contribution in [0.3, 0.4) is 0 Å². The maximum absolute atomic E-state index is 8.98. The number of aryl methyl sites for hydroxylation is 1. The molecule has 0 saturated heterocycles. The van der Waals surface area contributed by atoms with Crippen LogP contribution in [-0.2, 0) is 6.42 Å². The molecule has 0 amide bonds. The van der Waals surface area contributed by atoms with Crippen LogP contribution in [0.2, 0.25) is 0 Å². The van der Waals surface area contributed by atoms with Gasteiger partial charge in [0.25, 0.3) is 0 Å². The molecule has 0 saturated carbocycles. The zero-order valence-electron chi connectivity index (χ0n) is 7.24. The first-order chi connectivity index (χ1) is 6.36. The molecule has 0 aliphatic carbocycles. The molecular formula is C10H8N2S. The Bertz CT molecular complexity index is 479. The Morgan fingerprint density at radius 3 is 3.15 bits per heavy atom. The van der Waals surface area contributed by atoms with E-state index in [-0.39, 0.29) is 0 Å². The van der Waals surface area contributed by atoms with Crippen LogP contribution in [0.4, 0.5) is 0 Å². The maximum atomic E-state index is 8.98. The molecule has 0 radical (unpaired) electrons. The summed E-state index contributed by atoms with van der Waals surface area (Å²) in [5, 5.41) is 12.0. The van der Waals surface area contributed by atoms with Crippen molar-refractivity contribution in [2.24, 2.45) is 0 Å². The topological polar surface area (TPSA) is 36.7 Å². The Hall–Kier alpha value is -1.40. The fraction of sp³-hybridized carbons (Fsp3) is 0.200. The van der Waals surface area contributed by atoms with Gasteiger partial charge in [0, 0.05) is 11.6 Å². The third-order valence-corrected chi connectivity index (χ3v) is 2.89. The van der Waals surface area contributed by atoms with Crippen LogP contribution in [-0.4, -0.2) is 4.98 Å². The predicted octanol–water partition coefficient (Wildman–Crippen LogP) is 2.73. The summed E-state index contributed by atoms with van der Waals surface area (Å²) in [7, 11) is 0. The number of hydrogen-bond donors (Lipinski definition) is 0. The number of thiophene rings is 1. The van der Waals surface area contributed by atoms with Gasteiger partial charge in [0.1, 0.15) is 6.07 Å². The molecule has 2 heterocycles. The summed E-state index contributed by atoms with van der Waals surface area (Å²) in [5.74, 6) is 0. The molecular weight excluding hydrogens is 180 g/mol. The van der Waals surface area contributed by atoms with Crippen molar-refractivity contribution >= 4 is 21.4 Å². The highest BCUT2D eigenvalue weighted by Crippen LogP contribution is 2.24. The van der Waals surface area contributed by atoms with Crippen molar-refractivity contribution in [1.82, 2.24) is 4.98 Å². The number of aromatic nitrogens is 1. The lowest BCUT2D eigenvalue weighted by molar-refractivity contribution is 1.04. The first kappa shape index (κ1) is 8.21. The van der Waals surface area contributed by atoms with E-state index in [0.29, 0.717) is 0 Å². The molecule has 2 aromatic heterocycles. The zero-order valence-corrected chi connectivity index (χ0v) is 8.06. The molecule has 64 valence electrons. The first-order valence-corrected chi connectivity index (χ1v) is 5.00. The van der Waals surface area contributed by atoms with Crippen molar-refractivity contribution in [3.05, 3.63) is 28.9 Å². The minimum absolute atomic E-state index is 0.737. The van der Waals surface area contributed by atoms with Crippen LogP contribution in [0.25, 0.3) is 10.1 Å². The van der Waals surface area contributed by atoms with Gasteiger partial charge in [0.05, 0.1) is 16.0 Å². The SMILES string of the molecule is CCc1ncc2sccc2c1C#N. The highest BCUT2D eigenvalue weighted by molar-refractivity contribution is 7.17. The van der Waals surface area contributed by atoms with Gasteiger partial charge in [-0.25, -0.2) is 0 Å². The van der Waals surface area contributed by atoms with E-state index in [2.05, 4.69) is 11.1 Å². The zero-order chi connectivity index (χ0) is 9.26. The molecule has 0 fully saturated rings. The average molecular weight is 188 g/mol. The van der Waals surface area contributed by atoms with Gasteiger partial charge in [-0.1, -0.05) is 6.92 Å². The van der Waals surface area contributed by atoms with E-state index in [0.717, 1.165) is 27.8 Å². The van der Waals surface area contributed by atoms with Crippen molar-refractivity contribution in [3.63, 3.8) is 0 Å². The van der Waals surface area contributed by atoms with Crippen molar-refractivity contribution in [2.45, 2.75) is 13.3 Å². The number of nitriles is 1. The fourth-order valence-corrected chi connectivity index (χ4v) is 2.14. The normalized spacial score (nSPS) is 10.2. The summed E-state index contributed by atoms with van der Waals surface area (Å²) in [4.78, 5) is 4.26. The molecule has 0 aromatic carbocycles. The van der Waals surface area contributed by atoms with E-state index >= 15 is 0 Å². The third kappa shape index (κ3) is 1.20. The molecule has 0 atom stereocenters. The van der Waals surface area contributed by atoms with Crippen LogP contribution in [0, 0.1) is 11.3 Å². The number of hydrogen-bond acceptors (Lipinski definition) is 3. The van der Waals surface area contributed by atoms with Crippen molar-refractivity contribution in [2.75, 3.05) is 0 Å². The smallest absolute Gasteiger partial charge is 0.102 e. The second-order valence-corrected chi connectivity index (χ2v) is 3.69. The summed E-state index contributed by atoms with van der Waals surface area (Å²) in [6.45, 7) is 2.02. The molecule has 0 bridgehead atoms. The lowest BCUT2D eigenvalue weighted by atomic mass is 10.1. The average Bonchev–Trinajstić information content (AvgIpc) is 2.63.